The fraction of sp³-hybridized carbons (Fsp3) is 0.562. The van der Waals surface area contributed by atoms with Crippen molar-refractivity contribution >= 4 is 5.91 Å². The number of ether oxygens (including phenoxy) is 1. The number of carbonyl (C=O) groups excluding carboxylic acids is 1. The summed E-state index contributed by atoms with van der Waals surface area (Å²) < 4.78 is 5.11. The van der Waals surface area contributed by atoms with Gasteiger partial charge in [0.1, 0.15) is 11.4 Å². The summed E-state index contributed by atoms with van der Waals surface area (Å²) in [4.78, 5) is 11.9. The Balaban J connectivity index is 1.69. The maximum absolute atomic E-state index is 11.9. The van der Waals surface area contributed by atoms with E-state index in [-0.39, 0.29) is 5.91 Å². The molecule has 2 rings (SSSR count). The fourth-order valence-electron chi connectivity index (χ4n) is 2.64. The highest BCUT2D eigenvalue weighted by Crippen LogP contribution is 2.29. The lowest BCUT2D eigenvalue weighted by molar-refractivity contribution is -0.139. The highest BCUT2D eigenvalue weighted by molar-refractivity contribution is 5.85. The van der Waals surface area contributed by atoms with E-state index in [4.69, 9.17) is 4.74 Å². The van der Waals surface area contributed by atoms with E-state index in [9.17, 15) is 9.90 Å². The molecule has 4 heteroatoms. The molecule has 0 bridgehead atoms. The van der Waals surface area contributed by atoms with Crippen LogP contribution in [0.1, 0.15) is 37.7 Å². The van der Waals surface area contributed by atoms with Crippen molar-refractivity contribution in [3.05, 3.63) is 29.8 Å². The maximum atomic E-state index is 11.9. The number of benzene rings is 1. The summed E-state index contributed by atoms with van der Waals surface area (Å²) in [6.45, 7) is 0.604. The van der Waals surface area contributed by atoms with Gasteiger partial charge in [-0.3, -0.25) is 4.79 Å². The smallest absolute Gasteiger partial charge is 0.251 e. The van der Waals surface area contributed by atoms with Crippen molar-refractivity contribution in [3.63, 3.8) is 0 Å². The van der Waals surface area contributed by atoms with Crippen molar-refractivity contribution in [3.8, 4) is 5.75 Å². The third kappa shape index (κ3) is 3.73. The number of aliphatic hydroxyl groups is 1. The predicted octanol–water partition coefficient (Wildman–Crippen LogP) is 2.05. The lowest BCUT2D eigenvalue weighted by Gasteiger charge is -2.20. The van der Waals surface area contributed by atoms with Crippen LogP contribution in [0.3, 0.4) is 0 Å². The molecule has 110 valence electrons. The van der Waals surface area contributed by atoms with Crippen molar-refractivity contribution < 1.29 is 14.6 Å². The minimum Gasteiger partial charge on any atom is -0.497 e. The number of nitrogens with one attached hydrogen (secondary N) is 1. The molecule has 1 fully saturated rings. The van der Waals surface area contributed by atoms with Crippen LogP contribution in [0.5, 0.6) is 5.75 Å². The molecule has 0 unspecified atom stereocenters. The van der Waals surface area contributed by atoms with Gasteiger partial charge in [0, 0.05) is 6.54 Å². The Labute approximate surface area is 120 Å². The number of methoxy groups -OCH3 is 1. The molecule has 0 saturated heterocycles. The molecular weight excluding hydrogens is 254 g/mol. The van der Waals surface area contributed by atoms with Gasteiger partial charge in [0.15, 0.2) is 0 Å². The average Bonchev–Trinajstić information content (AvgIpc) is 2.92. The third-order valence-corrected chi connectivity index (χ3v) is 3.94. The Morgan fingerprint density at radius 1 is 1.30 bits per heavy atom. The van der Waals surface area contributed by atoms with Crippen LogP contribution in [0.25, 0.3) is 0 Å². The Morgan fingerprint density at radius 2 is 1.95 bits per heavy atom. The van der Waals surface area contributed by atoms with Gasteiger partial charge in [-0.1, -0.05) is 12.1 Å². The van der Waals surface area contributed by atoms with Gasteiger partial charge in [-0.05, 0) is 56.2 Å². The van der Waals surface area contributed by atoms with Crippen molar-refractivity contribution in [2.45, 2.75) is 44.1 Å². The topological polar surface area (TPSA) is 58.6 Å². The maximum Gasteiger partial charge on any atom is 0.251 e. The van der Waals surface area contributed by atoms with Crippen molar-refractivity contribution in [2.24, 2.45) is 0 Å². The second kappa shape index (κ2) is 6.75. The van der Waals surface area contributed by atoms with Crippen LogP contribution in [0.4, 0.5) is 0 Å². The van der Waals surface area contributed by atoms with Crippen LogP contribution in [0.15, 0.2) is 24.3 Å². The van der Waals surface area contributed by atoms with E-state index in [0.29, 0.717) is 19.4 Å². The Morgan fingerprint density at radius 3 is 2.55 bits per heavy atom. The first kappa shape index (κ1) is 14.9. The summed E-state index contributed by atoms with van der Waals surface area (Å²) in [5.74, 6) is 0.648. The van der Waals surface area contributed by atoms with Crippen LogP contribution in [0, 0.1) is 0 Å². The number of amides is 1. The highest BCUT2D eigenvalue weighted by Gasteiger charge is 2.38. The molecular formula is C16H23NO3. The SMILES string of the molecule is COc1ccc(CCCNC(=O)C2(O)CCCC2)cc1. The molecule has 1 aliphatic carbocycles. The Hall–Kier alpha value is -1.55. The zero-order valence-corrected chi connectivity index (χ0v) is 12.0. The molecule has 0 aliphatic heterocycles. The molecule has 0 aromatic heterocycles. The van der Waals surface area contributed by atoms with Crippen LogP contribution in [-0.2, 0) is 11.2 Å². The molecule has 2 N–H and O–H groups in total. The lowest BCUT2D eigenvalue weighted by Crippen LogP contribution is -2.45. The van der Waals surface area contributed by atoms with Crippen molar-refractivity contribution in [1.29, 1.82) is 0 Å². The zero-order chi connectivity index (χ0) is 14.4. The number of rotatable bonds is 6. The molecule has 1 saturated carbocycles. The predicted molar refractivity (Wildman–Crippen MR) is 77.7 cm³/mol. The minimum atomic E-state index is -1.11. The number of aryl methyl sites for hydroxylation is 1. The Kier molecular flexibility index (Phi) is 5.01. The second-order valence-electron chi connectivity index (χ2n) is 5.45. The van der Waals surface area contributed by atoms with E-state index in [1.165, 1.54) is 5.56 Å². The molecule has 4 nitrogen and oxygen atoms in total. The van der Waals surface area contributed by atoms with Crippen molar-refractivity contribution in [2.75, 3.05) is 13.7 Å². The molecule has 1 aliphatic rings. The van der Waals surface area contributed by atoms with E-state index in [1.54, 1.807) is 7.11 Å². The van der Waals surface area contributed by atoms with Gasteiger partial charge in [0.05, 0.1) is 7.11 Å². The molecule has 0 atom stereocenters. The van der Waals surface area contributed by atoms with Gasteiger partial charge in [-0.25, -0.2) is 0 Å². The number of hydrogen-bond acceptors (Lipinski definition) is 3. The van der Waals surface area contributed by atoms with E-state index < -0.39 is 5.60 Å². The molecule has 20 heavy (non-hydrogen) atoms. The standard InChI is InChI=1S/C16H23NO3/c1-20-14-8-6-13(7-9-14)5-4-12-17-15(18)16(19)10-2-3-11-16/h6-9,19H,2-5,10-12H2,1H3,(H,17,18). The molecule has 0 heterocycles. The van der Waals surface area contributed by atoms with Crippen LogP contribution >= 0.6 is 0 Å². The summed E-state index contributed by atoms with van der Waals surface area (Å²) in [5.41, 5.74) is 0.111. The largest absolute Gasteiger partial charge is 0.497 e. The first-order valence-electron chi connectivity index (χ1n) is 7.28. The normalized spacial score (nSPS) is 16.9. The second-order valence-corrected chi connectivity index (χ2v) is 5.45. The van der Waals surface area contributed by atoms with Crippen LogP contribution < -0.4 is 10.1 Å². The van der Waals surface area contributed by atoms with Gasteiger partial charge < -0.3 is 15.2 Å². The van der Waals surface area contributed by atoms with Gasteiger partial charge in [-0.15, -0.1) is 0 Å². The molecule has 1 amide bonds. The van der Waals surface area contributed by atoms with Crippen LogP contribution in [0.2, 0.25) is 0 Å². The number of carbonyl (C=O) groups is 1. The van der Waals surface area contributed by atoms with E-state index >= 15 is 0 Å². The third-order valence-electron chi connectivity index (χ3n) is 3.94. The molecule has 1 aromatic rings. The zero-order valence-electron chi connectivity index (χ0n) is 12.0. The first-order chi connectivity index (χ1) is 9.64. The van der Waals surface area contributed by atoms with E-state index in [1.807, 2.05) is 24.3 Å². The summed E-state index contributed by atoms with van der Waals surface area (Å²) in [5, 5.41) is 13.0. The Bertz CT molecular complexity index is 436. The van der Waals surface area contributed by atoms with Gasteiger partial charge >= 0.3 is 0 Å². The summed E-state index contributed by atoms with van der Waals surface area (Å²) >= 11 is 0. The summed E-state index contributed by atoms with van der Waals surface area (Å²) in [6.07, 6.45) is 4.84. The molecule has 0 spiro atoms. The van der Waals surface area contributed by atoms with E-state index in [2.05, 4.69) is 5.32 Å². The lowest BCUT2D eigenvalue weighted by atomic mass is 10.0. The van der Waals surface area contributed by atoms with E-state index in [0.717, 1.165) is 31.4 Å². The quantitative estimate of drug-likeness (QED) is 0.782. The summed E-state index contributed by atoms with van der Waals surface area (Å²) in [6, 6.07) is 7.95. The van der Waals surface area contributed by atoms with Crippen LogP contribution in [-0.4, -0.2) is 30.3 Å². The summed E-state index contributed by atoms with van der Waals surface area (Å²) in [7, 11) is 1.65. The number of hydrogen-bond donors (Lipinski definition) is 2. The van der Waals surface area contributed by atoms with Gasteiger partial charge in [0.2, 0.25) is 0 Å². The first-order valence-corrected chi connectivity index (χ1v) is 7.28. The monoisotopic (exact) mass is 277 g/mol. The fourth-order valence-corrected chi connectivity index (χ4v) is 2.64. The highest BCUT2D eigenvalue weighted by atomic mass is 16.5. The van der Waals surface area contributed by atoms with Crippen molar-refractivity contribution in [1.82, 2.24) is 5.32 Å². The average molecular weight is 277 g/mol. The van der Waals surface area contributed by atoms with Gasteiger partial charge in [0.25, 0.3) is 5.91 Å². The minimum absolute atomic E-state index is 0.204. The molecule has 1 aromatic carbocycles. The van der Waals surface area contributed by atoms with Gasteiger partial charge in [-0.2, -0.15) is 0 Å². The molecule has 0 radical (unpaired) electrons.